The summed E-state index contributed by atoms with van der Waals surface area (Å²) in [6, 6.07) is 6.26. The Morgan fingerprint density at radius 1 is 1.37 bits per heavy atom. The molecule has 4 nitrogen and oxygen atoms in total. The van der Waals surface area contributed by atoms with Crippen LogP contribution in [0, 0.1) is 0 Å². The first-order valence-electron chi connectivity index (χ1n) is 6.21. The first-order chi connectivity index (χ1) is 9.01. The monoisotopic (exact) mass is 305 g/mol. The largest absolute Gasteiger partial charge is 0.383 e. The number of rotatable bonds is 8. The van der Waals surface area contributed by atoms with E-state index < -0.39 is 9.84 Å². The molecule has 0 aromatic heterocycles. The number of hydrogen-bond acceptors (Lipinski definition) is 4. The van der Waals surface area contributed by atoms with E-state index in [9.17, 15) is 8.42 Å². The second-order valence-corrected chi connectivity index (χ2v) is 6.73. The van der Waals surface area contributed by atoms with E-state index in [-0.39, 0.29) is 21.7 Å². The molecule has 0 spiro atoms. The van der Waals surface area contributed by atoms with Gasteiger partial charge in [-0.05, 0) is 25.1 Å². The smallest absolute Gasteiger partial charge is 0.181 e. The third-order valence-electron chi connectivity index (χ3n) is 2.64. The van der Waals surface area contributed by atoms with Crippen molar-refractivity contribution in [2.45, 2.75) is 24.3 Å². The zero-order chi connectivity index (χ0) is 14.3. The topological polar surface area (TPSA) is 55.4 Å². The van der Waals surface area contributed by atoms with E-state index in [2.05, 4.69) is 5.32 Å². The van der Waals surface area contributed by atoms with Gasteiger partial charge in [-0.3, -0.25) is 0 Å². The number of hydrogen-bond donors (Lipinski definition) is 1. The summed E-state index contributed by atoms with van der Waals surface area (Å²) in [4.78, 5) is 0.177. The maximum atomic E-state index is 12.3. The van der Waals surface area contributed by atoms with Crippen molar-refractivity contribution in [3.8, 4) is 0 Å². The molecule has 108 valence electrons. The lowest BCUT2D eigenvalue weighted by atomic mass is 10.3. The minimum absolute atomic E-state index is 0.0232. The molecule has 0 aliphatic heterocycles. The van der Waals surface area contributed by atoms with Crippen LogP contribution in [0.4, 0.5) is 0 Å². The van der Waals surface area contributed by atoms with Crippen molar-refractivity contribution in [3.63, 3.8) is 0 Å². The van der Waals surface area contributed by atoms with Gasteiger partial charge in [-0.25, -0.2) is 8.42 Å². The zero-order valence-corrected chi connectivity index (χ0v) is 12.8. The van der Waals surface area contributed by atoms with Gasteiger partial charge in [0.15, 0.2) is 9.84 Å². The number of nitrogens with one attached hydrogen (secondary N) is 1. The average Bonchev–Trinajstić information content (AvgIpc) is 2.36. The molecule has 1 unspecified atom stereocenters. The van der Waals surface area contributed by atoms with Gasteiger partial charge in [-0.15, -0.1) is 0 Å². The summed E-state index contributed by atoms with van der Waals surface area (Å²) in [7, 11) is -1.86. The normalized spacial score (nSPS) is 13.4. The third kappa shape index (κ3) is 5.10. The minimum Gasteiger partial charge on any atom is -0.383 e. The van der Waals surface area contributed by atoms with Crippen LogP contribution < -0.4 is 5.32 Å². The van der Waals surface area contributed by atoms with E-state index in [0.717, 1.165) is 13.0 Å². The van der Waals surface area contributed by atoms with E-state index in [1.807, 2.05) is 6.92 Å². The fourth-order valence-corrected chi connectivity index (χ4v) is 3.83. The lowest BCUT2D eigenvalue weighted by Gasteiger charge is -2.18. The van der Waals surface area contributed by atoms with Crippen LogP contribution in [0.25, 0.3) is 0 Å². The van der Waals surface area contributed by atoms with Crippen LogP contribution in [0.1, 0.15) is 13.3 Å². The number of methoxy groups -OCH3 is 1. The minimum atomic E-state index is -3.42. The average molecular weight is 306 g/mol. The van der Waals surface area contributed by atoms with Crippen molar-refractivity contribution in [1.82, 2.24) is 5.32 Å². The molecule has 0 saturated carbocycles. The van der Waals surface area contributed by atoms with Gasteiger partial charge >= 0.3 is 0 Å². The highest BCUT2D eigenvalue weighted by Crippen LogP contribution is 2.22. The van der Waals surface area contributed by atoms with Crippen molar-refractivity contribution in [2.24, 2.45) is 0 Å². The molecule has 0 fully saturated rings. The first kappa shape index (κ1) is 16.4. The second kappa shape index (κ2) is 7.85. The fraction of sp³-hybridized carbons (Fsp3) is 0.538. The summed E-state index contributed by atoms with van der Waals surface area (Å²) >= 11 is 5.94. The molecule has 0 aliphatic rings. The highest BCUT2D eigenvalue weighted by molar-refractivity contribution is 7.91. The molecule has 1 atom stereocenters. The Morgan fingerprint density at radius 3 is 2.63 bits per heavy atom. The quantitative estimate of drug-likeness (QED) is 0.799. The SMILES string of the molecule is CCCNC(COC)CS(=O)(=O)c1ccccc1Cl. The third-order valence-corrected chi connectivity index (χ3v) is 4.95. The number of benzene rings is 1. The van der Waals surface area contributed by atoms with Crippen LogP contribution in [0.15, 0.2) is 29.2 Å². The molecule has 1 aromatic carbocycles. The van der Waals surface area contributed by atoms with Crippen molar-refractivity contribution in [2.75, 3.05) is 26.0 Å². The van der Waals surface area contributed by atoms with Crippen LogP contribution >= 0.6 is 11.6 Å². The molecule has 19 heavy (non-hydrogen) atoms. The van der Waals surface area contributed by atoms with Crippen LogP contribution in [0.3, 0.4) is 0 Å². The fourth-order valence-electron chi connectivity index (χ4n) is 1.77. The van der Waals surface area contributed by atoms with Gasteiger partial charge < -0.3 is 10.1 Å². The summed E-state index contributed by atoms with van der Waals surface area (Å²) in [6.45, 7) is 3.13. The highest BCUT2D eigenvalue weighted by Gasteiger charge is 2.22. The van der Waals surface area contributed by atoms with Gasteiger partial charge in [-0.1, -0.05) is 30.7 Å². The van der Waals surface area contributed by atoms with Gasteiger partial charge in [-0.2, -0.15) is 0 Å². The summed E-state index contributed by atoms with van der Waals surface area (Å²) in [5.41, 5.74) is 0. The lowest BCUT2D eigenvalue weighted by Crippen LogP contribution is -2.39. The van der Waals surface area contributed by atoms with Crippen LogP contribution in [-0.2, 0) is 14.6 Å². The predicted molar refractivity (Wildman–Crippen MR) is 77.5 cm³/mol. The molecule has 0 heterocycles. The Bertz CT molecular complexity index is 490. The number of halogens is 1. The number of sulfone groups is 1. The lowest BCUT2D eigenvalue weighted by molar-refractivity contribution is 0.173. The standard InChI is InChI=1S/C13H20ClNO3S/c1-3-8-15-11(9-18-2)10-19(16,17)13-7-5-4-6-12(13)14/h4-7,11,15H,3,8-10H2,1-2H3. The molecule has 0 amide bonds. The molecule has 0 bridgehead atoms. The second-order valence-electron chi connectivity index (χ2n) is 4.32. The predicted octanol–water partition coefficient (Wildman–Crippen LogP) is 2.13. The van der Waals surface area contributed by atoms with E-state index in [1.54, 1.807) is 25.3 Å². The van der Waals surface area contributed by atoms with Crippen LogP contribution in [0.5, 0.6) is 0 Å². The van der Waals surface area contributed by atoms with E-state index in [1.165, 1.54) is 6.07 Å². The molecular weight excluding hydrogens is 286 g/mol. The van der Waals surface area contributed by atoms with E-state index in [4.69, 9.17) is 16.3 Å². The molecule has 1 rings (SSSR count). The Balaban J connectivity index is 2.85. The number of ether oxygens (including phenoxy) is 1. The Labute approximate surface area is 120 Å². The molecular formula is C13H20ClNO3S. The Hall–Kier alpha value is -0.620. The van der Waals surface area contributed by atoms with Gasteiger partial charge in [0.2, 0.25) is 0 Å². The highest BCUT2D eigenvalue weighted by atomic mass is 35.5. The van der Waals surface area contributed by atoms with Gasteiger partial charge in [0, 0.05) is 13.2 Å². The molecule has 6 heteroatoms. The van der Waals surface area contributed by atoms with Gasteiger partial charge in [0.1, 0.15) is 0 Å². The van der Waals surface area contributed by atoms with Crippen molar-refractivity contribution in [3.05, 3.63) is 29.3 Å². The molecule has 0 aliphatic carbocycles. The van der Waals surface area contributed by atoms with Gasteiger partial charge in [0.25, 0.3) is 0 Å². The maximum Gasteiger partial charge on any atom is 0.181 e. The molecule has 0 radical (unpaired) electrons. The molecule has 1 N–H and O–H groups in total. The van der Waals surface area contributed by atoms with Crippen LogP contribution in [0.2, 0.25) is 5.02 Å². The van der Waals surface area contributed by atoms with Gasteiger partial charge in [0.05, 0.1) is 22.3 Å². The van der Waals surface area contributed by atoms with Crippen LogP contribution in [-0.4, -0.2) is 40.5 Å². The van der Waals surface area contributed by atoms with E-state index in [0.29, 0.717) is 6.61 Å². The van der Waals surface area contributed by atoms with Crippen molar-refractivity contribution >= 4 is 21.4 Å². The summed E-state index contributed by atoms with van der Waals surface area (Å²) in [5, 5.41) is 3.43. The van der Waals surface area contributed by atoms with Crippen molar-refractivity contribution in [1.29, 1.82) is 0 Å². The Morgan fingerprint density at radius 2 is 2.05 bits per heavy atom. The van der Waals surface area contributed by atoms with Crippen molar-refractivity contribution < 1.29 is 13.2 Å². The van der Waals surface area contributed by atoms with E-state index >= 15 is 0 Å². The maximum absolute atomic E-state index is 12.3. The molecule has 0 saturated heterocycles. The zero-order valence-electron chi connectivity index (χ0n) is 11.2. The molecule has 1 aromatic rings. The first-order valence-corrected chi connectivity index (χ1v) is 8.24. The summed E-state index contributed by atoms with van der Waals surface area (Å²) in [6.07, 6.45) is 0.937. The summed E-state index contributed by atoms with van der Waals surface area (Å²) < 4.78 is 29.7. The summed E-state index contributed by atoms with van der Waals surface area (Å²) in [5.74, 6) is -0.0232. The Kier molecular flexibility index (Phi) is 6.79.